The summed E-state index contributed by atoms with van der Waals surface area (Å²) >= 11 is 0. The van der Waals surface area contributed by atoms with Gasteiger partial charge in [-0.1, -0.05) is 6.92 Å². The minimum absolute atomic E-state index is 0.0150. The van der Waals surface area contributed by atoms with Gasteiger partial charge in [0.05, 0.1) is 4.92 Å². The van der Waals surface area contributed by atoms with Crippen LogP contribution in [-0.4, -0.2) is 33.9 Å². The minimum atomic E-state index is -0.611. The van der Waals surface area contributed by atoms with Crippen molar-refractivity contribution in [3.05, 3.63) is 16.3 Å². The molecule has 1 aromatic heterocycles. The molecule has 10 heteroatoms. The molecule has 0 aliphatic rings. The molecule has 20 heavy (non-hydrogen) atoms. The summed E-state index contributed by atoms with van der Waals surface area (Å²) in [7, 11) is 0. The molecule has 0 atom stereocenters. The van der Waals surface area contributed by atoms with E-state index in [1.54, 1.807) is 0 Å². The van der Waals surface area contributed by atoms with Gasteiger partial charge in [0, 0.05) is 19.5 Å². The van der Waals surface area contributed by atoms with Crippen LogP contribution in [0.25, 0.3) is 0 Å². The number of hydrazine groups is 1. The lowest BCUT2D eigenvalue weighted by Crippen LogP contribution is -2.26. The third-order valence-electron chi connectivity index (χ3n) is 2.31. The highest BCUT2D eigenvalue weighted by Crippen LogP contribution is 2.21. The molecular weight excluding hydrogens is 266 g/mol. The second kappa shape index (κ2) is 7.84. The average Bonchev–Trinajstić information content (AvgIpc) is 2.44. The Labute approximate surface area is 115 Å². The molecule has 0 aliphatic heterocycles. The van der Waals surface area contributed by atoms with Crippen molar-refractivity contribution >= 4 is 23.4 Å². The summed E-state index contributed by atoms with van der Waals surface area (Å²) in [6.07, 6.45) is 2.08. The molecule has 1 heterocycles. The quantitative estimate of drug-likeness (QED) is 0.296. The fraction of sp³-hybridized carbons (Fsp3) is 0.500. The molecule has 0 aliphatic carbocycles. The maximum Gasteiger partial charge on any atom is 0.329 e. The number of amides is 1. The summed E-state index contributed by atoms with van der Waals surface area (Å²) in [5.41, 5.74) is 1.92. The number of nitro groups is 1. The smallest absolute Gasteiger partial charge is 0.329 e. The van der Waals surface area contributed by atoms with Gasteiger partial charge in [0.15, 0.2) is 0 Å². The SMILES string of the molecule is CCCNC(=O)CCNc1nc(NN)ncc1[N+](=O)[O-]. The van der Waals surface area contributed by atoms with E-state index in [1.807, 2.05) is 6.92 Å². The van der Waals surface area contributed by atoms with Gasteiger partial charge in [0.25, 0.3) is 0 Å². The van der Waals surface area contributed by atoms with E-state index in [9.17, 15) is 14.9 Å². The van der Waals surface area contributed by atoms with Gasteiger partial charge in [-0.2, -0.15) is 4.98 Å². The van der Waals surface area contributed by atoms with E-state index in [4.69, 9.17) is 5.84 Å². The fourth-order valence-electron chi connectivity index (χ4n) is 1.36. The normalized spacial score (nSPS) is 9.90. The Hall–Kier alpha value is -2.49. The van der Waals surface area contributed by atoms with Gasteiger partial charge in [-0.25, -0.2) is 10.8 Å². The van der Waals surface area contributed by atoms with Crippen molar-refractivity contribution in [3.8, 4) is 0 Å². The van der Waals surface area contributed by atoms with Crippen LogP contribution in [0, 0.1) is 10.1 Å². The maximum atomic E-state index is 11.4. The van der Waals surface area contributed by atoms with Crippen molar-refractivity contribution in [2.75, 3.05) is 23.8 Å². The van der Waals surface area contributed by atoms with Crippen molar-refractivity contribution in [3.63, 3.8) is 0 Å². The van der Waals surface area contributed by atoms with E-state index >= 15 is 0 Å². The van der Waals surface area contributed by atoms with Crippen molar-refractivity contribution in [1.82, 2.24) is 15.3 Å². The molecule has 1 rings (SSSR count). The number of aromatic nitrogens is 2. The number of nitrogens with one attached hydrogen (secondary N) is 3. The molecule has 0 saturated carbocycles. The molecule has 5 N–H and O–H groups in total. The van der Waals surface area contributed by atoms with E-state index in [-0.39, 0.29) is 36.3 Å². The predicted molar refractivity (Wildman–Crippen MR) is 72.9 cm³/mol. The van der Waals surface area contributed by atoms with Gasteiger partial charge in [-0.3, -0.25) is 20.3 Å². The first-order valence-electron chi connectivity index (χ1n) is 6.07. The van der Waals surface area contributed by atoms with E-state index < -0.39 is 4.92 Å². The second-order valence-corrected chi connectivity index (χ2v) is 3.86. The zero-order valence-corrected chi connectivity index (χ0v) is 11.0. The molecule has 110 valence electrons. The van der Waals surface area contributed by atoms with Crippen LogP contribution < -0.4 is 21.9 Å². The molecule has 0 saturated heterocycles. The Morgan fingerprint density at radius 3 is 2.85 bits per heavy atom. The van der Waals surface area contributed by atoms with E-state index in [0.29, 0.717) is 6.54 Å². The Morgan fingerprint density at radius 1 is 1.50 bits per heavy atom. The summed E-state index contributed by atoms with van der Waals surface area (Å²) in [6, 6.07) is 0. The van der Waals surface area contributed by atoms with Gasteiger partial charge in [0.1, 0.15) is 6.20 Å². The largest absolute Gasteiger partial charge is 0.364 e. The number of nitrogen functional groups attached to an aromatic ring is 1. The van der Waals surface area contributed by atoms with E-state index in [0.717, 1.165) is 12.6 Å². The zero-order valence-electron chi connectivity index (χ0n) is 11.0. The van der Waals surface area contributed by atoms with E-state index in [2.05, 4.69) is 26.0 Å². The van der Waals surface area contributed by atoms with Crippen molar-refractivity contribution < 1.29 is 9.72 Å². The van der Waals surface area contributed by atoms with Crippen LogP contribution in [-0.2, 0) is 4.79 Å². The Balaban J connectivity index is 2.61. The number of nitrogens with zero attached hydrogens (tertiary/aromatic N) is 3. The predicted octanol–water partition coefficient (Wildman–Crippen LogP) is -0.00140. The summed E-state index contributed by atoms with van der Waals surface area (Å²) in [6.45, 7) is 2.77. The van der Waals surface area contributed by atoms with Crippen LogP contribution >= 0.6 is 0 Å². The van der Waals surface area contributed by atoms with Gasteiger partial charge in [-0.05, 0) is 6.42 Å². The number of anilines is 2. The van der Waals surface area contributed by atoms with Crippen LogP contribution in [0.5, 0.6) is 0 Å². The molecular formula is C10H17N7O3. The fourth-order valence-corrected chi connectivity index (χ4v) is 1.36. The molecule has 0 spiro atoms. The third-order valence-corrected chi connectivity index (χ3v) is 2.31. The lowest BCUT2D eigenvalue weighted by molar-refractivity contribution is -0.384. The van der Waals surface area contributed by atoms with Gasteiger partial charge < -0.3 is 10.6 Å². The lowest BCUT2D eigenvalue weighted by atomic mass is 10.3. The zero-order chi connectivity index (χ0) is 15.0. The number of carbonyl (C=O) groups excluding carboxylic acids is 1. The highest BCUT2D eigenvalue weighted by molar-refractivity contribution is 5.76. The number of hydrogen-bond donors (Lipinski definition) is 4. The monoisotopic (exact) mass is 283 g/mol. The lowest BCUT2D eigenvalue weighted by Gasteiger charge is -2.07. The van der Waals surface area contributed by atoms with Gasteiger partial charge >= 0.3 is 5.69 Å². The molecule has 0 fully saturated rings. The van der Waals surface area contributed by atoms with Crippen LogP contribution in [0.2, 0.25) is 0 Å². The van der Waals surface area contributed by atoms with Crippen LogP contribution in [0.1, 0.15) is 19.8 Å². The van der Waals surface area contributed by atoms with Gasteiger partial charge in [-0.15, -0.1) is 0 Å². The Morgan fingerprint density at radius 2 is 2.25 bits per heavy atom. The summed E-state index contributed by atoms with van der Waals surface area (Å²) in [5, 5.41) is 16.2. The van der Waals surface area contributed by atoms with Crippen LogP contribution in [0.15, 0.2) is 6.20 Å². The number of rotatable bonds is 8. The molecule has 0 aromatic carbocycles. The summed E-state index contributed by atoms with van der Waals surface area (Å²) in [4.78, 5) is 29.1. The highest BCUT2D eigenvalue weighted by Gasteiger charge is 2.16. The van der Waals surface area contributed by atoms with Gasteiger partial charge in [0.2, 0.25) is 17.7 Å². The van der Waals surface area contributed by atoms with Crippen molar-refractivity contribution in [2.24, 2.45) is 5.84 Å². The summed E-state index contributed by atoms with van der Waals surface area (Å²) < 4.78 is 0. The number of nitrogens with two attached hydrogens (primary N) is 1. The molecule has 1 aromatic rings. The van der Waals surface area contributed by atoms with Crippen LogP contribution in [0.4, 0.5) is 17.5 Å². The standard InChI is InChI=1S/C10H17N7O3/c1-2-4-12-8(18)3-5-13-9-7(17(19)20)6-14-10(15-9)16-11/h6H,2-5,11H2,1H3,(H,12,18)(H2,13,14,15,16). The van der Waals surface area contributed by atoms with Crippen molar-refractivity contribution in [2.45, 2.75) is 19.8 Å². The first kappa shape index (κ1) is 15.6. The van der Waals surface area contributed by atoms with E-state index in [1.165, 1.54) is 0 Å². The number of hydrogen-bond acceptors (Lipinski definition) is 8. The highest BCUT2D eigenvalue weighted by atomic mass is 16.6. The third kappa shape index (κ3) is 4.65. The molecule has 0 unspecified atom stereocenters. The maximum absolute atomic E-state index is 11.4. The minimum Gasteiger partial charge on any atom is -0.364 e. The Bertz CT molecular complexity index is 480. The molecule has 0 bridgehead atoms. The topological polar surface area (TPSA) is 148 Å². The molecule has 1 amide bonds. The van der Waals surface area contributed by atoms with Crippen molar-refractivity contribution in [1.29, 1.82) is 0 Å². The number of carbonyl (C=O) groups is 1. The average molecular weight is 283 g/mol. The Kier molecular flexibility index (Phi) is 6.10. The molecule has 0 radical (unpaired) electrons. The summed E-state index contributed by atoms with van der Waals surface area (Å²) in [5.74, 6) is 5.07. The second-order valence-electron chi connectivity index (χ2n) is 3.86. The van der Waals surface area contributed by atoms with Crippen LogP contribution in [0.3, 0.4) is 0 Å². The molecule has 10 nitrogen and oxygen atoms in total. The first-order valence-corrected chi connectivity index (χ1v) is 6.07. The first-order chi connectivity index (χ1) is 9.58.